The number of rotatable bonds is 4. The molecule has 14 heavy (non-hydrogen) atoms. The van der Waals surface area contributed by atoms with Gasteiger partial charge in [-0.05, 0) is 12.1 Å². The number of esters is 1. The van der Waals surface area contributed by atoms with Crippen molar-refractivity contribution in [3.05, 3.63) is 29.8 Å². The van der Waals surface area contributed by atoms with Gasteiger partial charge in [-0.3, -0.25) is 0 Å². The Kier molecular flexibility index (Phi) is 4.00. The number of methoxy groups -OCH3 is 1. The summed E-state index contributed by atoms with van der Waals surface area (Å²) in [6, 6.07) is 3.94. The van der Waals surface area contributed by atoms with Gasteiger partial charge in [0.25, 0.3) is 0 Å². The number of hydrogen-bond donors (Lipinski definition) is 0. The lowest BCUT2D eigenvalue weighted by Crippen LogP contribution is -2.11. The van der Waals surface area contributed by atoms with E-state index in [9.17, 15) is 9.18 Å². The van der Waals surface area contributed by atoms with Gasteiger partial charge < -0.3 is 9.47 Å². The topological polar surface area (TPSA) is 48.4 Å². The lowest BCUT2D eigenvalue weighted by molar-refractivity contribution is 0.0380. The second-order valence-electron chi connectivity index (χ2n) is 2.47. The summed E-state index contributed by atoms with van der Waals surface area (Å²) >= 11 is 0. The van der Waals surface area contributed by atoms with Gasteiger partial charge in [-0.1, -0.05) is 6.07 Å². The van der Waals surface area contributed by atoms with E-state index >= 15 is 0 Å². The maximum atomic E-state index is 12.6. The van der Waals surface area contributed by atoms with Crippen LogP contribution in [0.4, 0.5) is 4.39 Å². The van der Waals surface area contributed by atoms with Crippen LogP contribution in [0.5, 0.6) is 0 Å². The highest BCUT2D eigenvalue weighted by Crippen LogP contribution is 1.99. The normalized spacial score (nSPS) is 9.86. The summed E-state index contributed by atoms with van der Waals surface area (Å²) in [5.41, 5.74) is -0.0406. The maximum Gasteiger partial charge on any atom is 0.357 e. The van der Waals surface area contributed by atoms with Crippen LogP contribution in [-0.2, 0) is 9.47 Å². The van der Waals surface area contributed by atoms with Gasteiger partial charge in [-0.15, -0.1) is 0 Å². The van der Waals surface area contributed by atoms with E-state index in [1.165, 1.54) is 19.2 Å². The smallest absolute Gasteiger partial charge is 0.357 e. The summed E-state index contributed by atoms with van der Waals surface area (Å²) in [4.78, 5) is 14.5. The van der Waals surface area contributed by atoms with E-state index in [0.717, 1.165) is 6.07 Å². The molecule has 0 bridgehead atoms. The van der Waals surface area contributed by atoms with Gasteiger partial charge in [0.1, 0.15) is 6.61 Å². The third-order valence-corrected chi connectivity index (χ3v) is 1.44. The number of carbonyl (C=O) groups excluding carboxylic acids is 1. The summed E-state index contributed by atoms with van der Waals surface area (Å²) in [7, 11) is 1.49. The van der Waals surface area contributed by atoms with E-state index in [1.807, 2.05) is 0 Å². The summed E-state index contributed by atoms with van der Waals surface area (Å²) in [6.45, 7) is 0.439. The fraction of sp³-hybridized carbons (Fsp3) is 0.333. The van der Waals surface area contributed by atoms with Crippen molar-refractivity contribution in [3.63, 3.8) is 0 Å². The van der Waals surface area contributed by atoms with E-state index in [4.69, 9.17) is 4.74 Å². The first-order valence-electron chi connectivity index (χ1n) is 4.02. The molecule has 0 amide bonds. The Balaban J connectivity index is 2.52. The maximum absolute atomic E-state index is 12.6. The van der Waals surface area contributed by atoms with Crippen LogP contribution in [0.2, 0.25) is 0 Å². The van der Waals surface area contributed by atoms with Gasteiger partial charge in [0.15, 0.2) is 5.69 Å². The number of halogens is 1. The predicted octanol–water partition coefficient (Wildman–Crippen LogP) is 1.02. The molecule has 0 radical (unpaired) electrons. The number of nitrogens with zero attached hydrogens (tertiary/aromatic N) is 1. The van der Waals surface area contributed by atoms with Crippen molar-refractivity contribution in [1.29, 1.82) is 0 Å². The van der Waals surface area contributed by atoms with Crippen LogP contribution in [0, 0.1) is 5.95 Å². The Morgan fingerprint density at radius 1 is 1.50 bits per heavy atom. The van der Waals surface area contributed by atoms with Crippen LogP contribution >= 0.6 is 0 Å². The Hall–Kier alpha value is -1.49. The van der Waals surface area contributed by atoms with Gasteiger partial charge in [0.2, 0.25) is 5.95 Å². The third-order valence-electron chi connectivity index (χ3n) is 1.44. The van der Waals surface area contributed by atoms with Crippen molar-refractivity contribution < 1.29 is 18.7 Å². The zero-order chi connectivity index (χ0) is 10.4. The first-order valence-corrected chi connectivity index (χ1v) is 4.02. The molecule has 0 aliphatic heterocycles. The molecule has 5 heteroatoms. The molecule has 0 atom stereocenters. The number of carbonyl (C=O) groups is 1. The van der Waals surface area contributed by atoms with Crippen LogP contribution in [-0.4, -0.2) is 31.3 Å². The van der Waals surface area contributed by atoms with Gasteiger partial charge >= 0.3 is 5.97 Å². The predicted molar refractivity (Wildman–Crippen MR) is 46.4 cm³/mol. The number of pyridine rings is 1. The fourth-order valence-corrected chi connectivity index (χ4v) is 0.814. The fourth-order valence-electron chi connectivity index (χ4n) is 0.814. The summed E-state index contributed by atoms with van der Waals surface area (Å²) < 4.78 is 22.0. The molecule has 1 rings (SSSR count). The highest BCUT2D eigenvalue weighted by Gasteiger charge is 2.08. The first-order chi connectivity index (χ1) is 6.74. The zero-order valence-corrected chi connectivity index (χ0v) is 7.70. The summed E-state index contributed by atoms with van der Waals surface area (Å²) in [5, 5.41) is 0. The van der Waals surface area contributed by atoms with E-state index in [-0.39, 0.29) is 12.3 Å². The molecule has 0 saturated heterocycles. The summed E-state index contributed by atoms with van der Waals surface area (Å²) in [6.07, 6.45) is 0. The van der Waals surface area contributed by atoms with E-state index in [2.05, 4.69) is 9.72 Å². The van der Waals surface area contributed by atoms with E-state index in [1.54, 1.807) is 0 Å². The Labute approximate surface area is 80.7 Å². The zero-order valence-electron chi connectivity index (χ0n) is 7.70. The second-order valence-corrected chi connectivity index (χ2v) is 2.47. The third kappa shape index (κ3) is 3.10. The Bertz CT molecular complexity index is 317. The highest BCUT2D eigenvalue weighted by molar-refractivity contribution is 5.87. The monoisotopic (exact) mass is 199 g/mol. The van der Waals surface area contributed by atoms with Crippen LogP contribution in [0.15, 0.2) is 18.2 Å². The van der Waals surface area contributed by atoms with Crippen LogP contribution < -0.4 is 0 Å². The second kappa shape index (κ2) is 5.29. The number of hydrogen-bond acceptors (Lipinski definition) is 4. The van der Waals surface area contributed by atoms with Gasteiger partial charge in [0, 0.05) is 7.11 Å². The highest BCUT2D eigenvalue weighted by atomic mass is 19.1. The molecule has 0 aliphatic rings. The molecule has 0 saturated carbocycles. The van der Waals surface area contributed by atoms with Crippen molar-refractivity contribution in [2.24, 2.45) is 0 Å². The molecule has 0 unspecified atom stereocenters. The standard InChI is InChI=1S/C9H10FNO3/c1-13-5-6-14-9(12)7-3-2-4-8(10)11-7/h2-4H,5-6H2,1H3. The molecule has 1 aromatic rings. The molecule has 0 N–H and O–H groups in total. The SMILES string of the molecule is COCCOC(=O)c1cccc(F)n1. The number of aromatic nitrogens is 1. The minimum Gasteiger partial charge on any atom is -0.459 e. The lowest BCUT2D eigenvalue weighted by Gasteiger charge is -2.02. The van der Waals surface area contributed by atoms with Crippen LogP contribution in [0.1, 0.15) is 10.5 Å². The molecule has 0 fully saturated rings. The number of ether oxygens (including phenoxy) is 2. The van der Waals surface area contributed by atoms with Crippen LogP contribution in [0.25, 0.3) is 0 Å². The quantitative estimate of drug-likeness (QED) is 0.412. The molecule has 1 heterocycles. The van der Waals surface area contributed by atoms with Crippen molar-refractivity contribution in [2.75, 3.05) is 20.3 Å². The van der Waals surface area contributed by atoms with Gasteiger partial charge in [0.05, 0.1) is 6.61 Å². The molecule has 0 spiro atoms. The minimum absolute atomic E-state index is 0.0406. The molecular weight excluding hydrogens is 189 g/mol. The molecule has 0 aliphatic carbocycles. The van der Waals surface area contributed by atoms with Crippen molar-refractivity contribution in [1.82, 2.24) is 4.98 Å². The van der Waals surface area contributed by atoms with Crippen LogP contribution in [0.3, 0.4) is 0 Å². The molecular formula is C9H10FNO3. The van der Waals surface area contributed by atoms with Gasteiger partial charge in [-0.25, -0.2) is 9.78 Å². The largest absolute Gasteiger partial charge is 0.459 e. The van der Waals surface area contributed by atoms with Gasteiger partial charge in [-0.2, -0.15) is 4.39 Å². The molecule has 76 valence electrons. The average molecular weight is 199 g/mol. The Morgan fingerprint density at radius 2 is 2.29 bits per heavy atom. The molecule has 0 aromatic carbocycles. The van der Waals surface area contributed by atoms with E-state index < -0.39 is 11.9 Å². The van der Waals surface area contributed by atoms with Crippen molar-refractivity contribution in [2.45, 2.75) is 0 Å². The minimum atomic E-state index is -0.703. The lowest BCUT2D eigenvalue weighted by atomic mass is 10.3. The van der Waals surface area contributed by atoms with E-state index in [0.29, 0.717) is 6.61 Å². The molecule has 1 aromatic heterocycles. The first kappa shape index (κ1) is 10.6. The average Bonchev–Trinajstić information content (AvgIpc) is 2.18. The summed E-state index contributed by atoms with van der Waals surface area (Å²) in [5.74, 6) is -1.35. The van der Waals surface area contributed by atoms with Crippen molar-refractivity contribution >= 4 is 5.97 Å². The molecule has 4 nitrogen and oxygen atoms in total. The Morgan fingerprint density at radius 3 is 2.93 bits per heavy atom. The van der Waals surface area contributed by atoms with Crippen molar-refractivity contribution in [3.8, 4) is 0 Å².